The van der Waals surface area contributed by atoms with Crippen LogP contribution in [-0.2, 0) is 0 Å². The number of nitrogens with zero attached hydrogens (tertiary/aromatic N) is 1. The van der Waals surface area contributed by atoms with Crippen LogP contribution in [0, 0.1) is 11.6 Å². The SMILES string of the molecule is O=C(NNC(=O)c1cc(-c2ccco2)nc2ccccc12)c1c(F)cccc1F. The first-order valence-corrected chi connectivity index (χ1v) is 8.53. The molecule has 0 aliphatic carbocycles. The van der Waals surface area contributed by atoms with Crippen LogP contribution in [0.5, 0.6) is 0 Å². The number of para-hydroxylation sites is 1. The monoisotopic (exact) mass is 393 g/mol. The van der Waals surface area contributed by atoms with Gasteiger partial charge in [0.2, 0.25) is 0 Å². The highest BCUT2D eigenvalue weighted by atomic mass is 19.1. The van der Waals surface area contributed by atoms with Gasteiger partial charge in [-0.1, -0.05) is 24.3 Å². The number of hydrogen-bond donors (Lipinski definition) is 2. The highest BCUT2D eigenvalue weighted by Crippen LogP contribution is 2.25. The number of furan rings is 1. The van der Waals surface area contributed by atoms with Gasteiger partial charge in [-0.15, -0.1) is 0 Å². The zero-order valence-corrected chi connectivity index (χ0v) is 14.8. The van der Waals surface area contributed by atoms with Crippen LogP contribution in [0.1, 0.15) is 20.7 Å². The number of nitrogens with one attached hydrogen (secondary N) is 2. The van der Waals surface area contributed by atoms with E-state index in [1.807, 2.05) is 5.43 Å². The van der Waals surface area contributed by atoms with Gasteiger partial charge in [-0.2, -0.15) is 0 Å². The predicted octanol–water partition coefficient (Wildman–Crippen LogP) is 3.85. The molecule has 4 aromatic rings. The molecule has 0 aliphatic heterocycles. The van der Waals surface area contributed by atoms with Crippen molar-refractivity contribution in [3.63, 3.8) is 0 Å². The lowest BCUT2D eigenvalue weighted by Gasteiger charge is -2.11. The van der Waals surface area contributed by atoms with E-state index in [9.17, 15) is 18.4 Å². The lowest BCUT2D eigenvalue weighted by Crippen LogP contribution is -2.42. The summed E-state index contributed by atoms with van der Waals surface area (Å²) in [6, 6.07) is 14.9. The number of halogens is 2. The van der Waals surface area contributed by atoms with Crippen molar-refractivity contribution >= 4 is 22.7 Å². The third-order valence-corrected chi connectivity index (χ3v) is 4.21. The minimum Gasteiger partial charge on any atom is -0.463 e. The molecule has 2 N–H and O–H groups in total. The smallest absolute Gasteiger partial charge is 0.275 e. The molecule has 4 rings (SSSR count). The van der Waals surface area contributed by atoms with Gasteiger partial charge in [-0.25, -0.2) is 13.8 Å². The Hall–Kier alpha value is -4.07. The number of fused-ring (bicyclic) bond motifs is 1. The molecule has 0 saturated carbocycles. The van der Waals surface area contributed by atoms with Crippen LogP contribution < -0.4 is 10.9 Å². The lowest BCUT2D eigenvalue weighted by molar-refractivity contribution is 0.0842. The van der Waals surface area contributed by atoms with Crippen LogP contribution in [0.3, 0.4) is 0 Å². The molecule has 0 radical (unpaired) electrons. The van der Waals surface area contributed by atoms with Crippen LogP contribution in [-0.4, -0.2) is 16.8 Å². The summed E-state index contributed by atoms with van der Waals surface area (Å²) in [6.45, 7) is 0. The predicted molar refractivity (Wildman–Crippen MR) is 101 cm³/mol. The quantitative estimate of drug-likeness (QED) is 0.518. The van der Waals surface area contributed by atoms with E-state index in [4.69, 9.17) is 4.42 Å². The normalized spacial score (nSPS) is 10.7. The van der Waals surface area contributed by atoms with Gasteiger partial charge in [0.25, 0.3) is 11.8 Å². The minimum absolute atomic E-state index is 0.205. The van der Waals surface area contributed by atoms with Crippen molar-refractivity contribution in [1.29, 1.82) is 0 Å². The fraction of sp³-hybridized carbons (Fsp3) is 0. The molecule has 0 spiro atoms. The maximum absolute atomic E-state index is 13.7. The zero-order chi connectivity index (χ0) is 20.4. The Morgan fingerprint density at radius 3 is 2.31 bits per heavy atom. The number of hydrazine groups is 1. The first-order valence-electron chi connectivity index (χ1n) is 8.53. The van der Waals surface area contributed by atoms with Crippen molar-refractivity contribution in [2.24, 2.45) is 0 Å². The summed E-state index contributed by atoms with van der Waals surface area (Å²) < 4.78 is 32.8. The van der Waals surface area contributed by atoms with Crippen molar-refractivity contribution in [2.45, 2.75) is 0 Å². The Bertz CT molecular complexity index is 1200. The van der Waals surface area contributed by atoms with Crippen molar-refractivity contribution < 1.29 is 22.8 Å². The van der Waals surface area contributed by atoms with Gasteiger partial charge in [0.15, 0.2) is 5.76 Å². The summed E-state index contributed by atoms with van der Waals surface area (Å²) >= 11 is 0. The van der Waals surface area contributed by atoms with Gasteiger partial charge in [-0.3, -0.25) is 20.4 Å². The summed E-state index contributed by atoms with van der Waals surface area (Å²) in [5.41, 5.74) is 4.60. The number of amides is 2. The summed E-state index contributed by atoms with van der Waals surface area (Å²) in [5, 5.41) is 0.534. The second kappa shape index (κ2) is 7.51. The van der Waals surface area contributed by atoms with Gasteiger partial charge in [0.1, 0.15) is 22.9 Å². The highest BCUT2D eigenvalue weighted by molar-refractivity contribution is 6.08. The number of hydrogen-bond acceptors (Lipinski definition) is 4. The van der Waals surface area contributed by atoms with Crippen LogP contribution in [0.15, 0.2) is 71.3 Å². The number of carbonyl (C=O) groups excluding carboxylic acids is 2. The molecular weight excluding hydrogens is 380 g/mol. The Morgan fingerprint density at radius 1 is 0.862 bits per heavy atom. The Balaban J connectivity index is 1.64. The molecule has 29 heavy (non-hydrogen) atoms. The van der Waals surface area contributed by atoms with Crippen molar-refractivity contribution in [1.82, 2.24) is 15.8 Å². The molecular formula is C21H13F2N3O3. The van der Waals surface area contributed by atoms with Crippen LogP contribution in [0.4, 0.5) is 8.78 Å². The molecule has 6 nitrogen and oxygen atoms in total. The molecule has 0 aliphatic rings. The summed E-state index contributed by atoms with van der Waals surface area (Å²) in [5.74, 6) is -3.40. The fourth-order valence-corrected chi connectivity index (χ4v) is 2.87. The van der Waals surface area contributed by atoms with E-state index >= 15 is 0 Å². The lowest BCUT2D eigenvalue weighted by atomic mass is 10.1. The van der Waals surface area contributed by atoms with E-state index in [0.29, 0.717) is 22.4 Å². The molecule has 144 valence electrons. The fourth-order valence-electron chi connectivity index (χ4n) is 2.87. The zero-order valence-electron chi connectivity index (χ0n) is 14.8. The molecule has 2 aromatic heterocycles. The molecule has 0 saturated heterocycles. The third-order valence-electron chi connectivity index (χ3n) is 4.21. The average molecular weight is 393 g/mol. The van der Waals surface area contributed by atoms with E-state index in [0.717, 1.165) is 18.2 Å². The second-order valence-corrected chi connectivity index (χ2v) is 6.05. The standard InChI is InChI=1S/C21H13F2N3O3/c22-14-6-3-7-15(23)19(14)21(28)26-25-20(27)13-11-17(18-9-4-10-29-18)24-16-8-2-1-5-12(13)16/h1-11H,(H,25,27)(H,26,28). The number of aromatic nitrogens is 1. The Morgan fingerprint density at radius 2 is 1.59 bits per heavy atom. The van der Waals surface area contributed by atoms with Crippen LogP contribution in [0.2, 0.25) is 0 Å². The van der Waals surface area contributed by atoms with Crippen LogP contribution in [0.25, 0.3) is 22.4 Å². The van der Waals surface area contributed by atoms with Crippen LogP contribution >= 0.6 is 0 Å². The van der Waals surface area contributed by atoms with E-state index in [2.05, 4.69) is 10.4 Å². The summed E-state index contributed by atoms with van der Waals surface area (Å²) in [4.78, 5) is 29.3. The summed E-state index contributed by atoms with van der Waals surface area (Å²) in [7, 11) is 0. The molecule has 2 heterocycles. The van der Waals surface area contributed by atoms with Gasteiger partial charge < -0.3 is 4.42 Å². The number of benzene rings is 2. The van der Waals surface area contributed by atoms with Crippen molar-refractivity contribution in [2.75, 3.05) is 0 Å². The number of carbonyl (C=O) groups is 2. The van der Waals surface area contributed by atoms with Gasteiger partial charge in [0, 0.05) is 5.39 Å². The minimum atomic E-state index is -1.11. The molecule has 0 atom stereocenters. The van der Waals surface area contributed by atoms with Gasteiger partial charge >= 0.3 is 0 Å². The Labute approximate surface area is 163 Å². The van der Waals surface area contributed by atoms with Crippen molar-refractivity contribution in [3.05, 3.63) is 89.7 Å². The highest BCUT2D eigenvalue weighted by Gasteiger charge is 2.19. The van der Waals surface area contributed by atoms with E-state index in [-0.39, 0.29) is 5.56 Å². The van der Waals surface area contributed by atoms with Gasteiger partial charge in [-0.05, 0) is 36.4 Å². The second-order valence-electron chi connectivity index (χ2n) is 6.05. The Kier molecular flexibility index (Phi) is 4.74. The molecule has 0 unspecified atom stereocenters. The molecule has 8 heteroatoms. The van der Waals surface area contributed by atoms with Crippen molar-refractivity contribution in [3.8, 4) is 11.5 Å². The molecule has 0 bridgehead atoms. The first kappa shape index (κ1) is 18.3. The van der Waals surface area contributed by atoms with E-state index in [1.54, 1.807) is 36.4 Å². The largest absolute Gasteiger partial charge is 0.463 e. The average Bonchev–Trinajstić information content (AvgIpc) is 3.26. The molecule has 2 aromatic carbocycles. The van der Waals surface area contributed by atoms with Gasteiger partial charge in [0.05, 0.1) is 17.3 Å². The first-order chi connectivity index (χ1) is 14.0. The summed E-state index contributed by atoms with van der Waals surface area (Å²) in [6.07, 6.45) is 1.48. The molecule has 0 fully saturated rings. The third kappa shape index (κ3) is 3.55. The maximum Gasteiger partial charge on any atom is 0.275 e. The number of pyridine rings is 1. The molecule has 2 amide bonds. The number of rotatable bonds is 3. The maximum atomic E-state index is 13.7. The van der Waals surface area contributed by atoms with E-state index in [1.165, 1.54) is 12.3 Å². The van der Waals surface area contributed by atoms with E-state index < -0.39 is 29.0 Å². The topological polar surface area (TPSA) is 84.2 Å².